The fraction of sp³-hybridized carbons (Fsp3) is 0.214. The van der Waals surface area contributed by atoms with Crippen LogP contribution in [-0.2, 0) is 16.6 Å². The molecule has 0 aliphatic heterocycles. The number of aromatic nitrogens is 1. The lowest BCUT2D eigenvalue weighted by Gasteiger charge is -2.21. The SMILES string of the molecule is CCN(Cc1ccncc1)S(=O)(=O)c1ccccc1O. The number of pyridine rings is 1. The lowest BCUT2D eigenvalue weighted by atomic mass is 10.3. The van der Waals surface area contributed by atoms with E-state index < -0.39 is 10.0 Å². The first-order chi connectivity index (χ1) is 9.55. The van der Waals surface area contributed by atoms with Gasteiger partial charge >= 0.3 is 0 Å². The highest BCUT2D eigenvalue weighted by molar-refractivity contribution is 7.89. The van der Waals surface area contributed by atoms with Crippen LogP contribution < -0.4 is 0 Å². The highest BCUT2D eigenvalue weighted by atomic mass is 32.2. The third-order valence-corrected chi connectivity index (χ3v) is 4.91. The molecule has 0 atom stereocenters. The molecule has 0 aliphatic rings. The van der Waals surface area contributed by atoms with Crippen molar-refractivity contribution in [2.24, 2.45) is 0 Å². The molecule has 20 heavy (non-hydrogen) atoms. The highest BCUT2D eigenvalue weighted by Crippen LogP contribution is 2.25. The van der Waals surface area contributed by atoms with Gasteiger partial charge < -0.3 is 5.11 Å². The summed E-state index contributed by atoms with van der Waals surface area (Å²) in [7, 11) is -3.72. The molecule has 0 unspecified atom stereocenters. The van der Waals surface area contributed by atoms with Crippen LogP contribution in [0.5, 0.6) is 5.75 Å². The molecular formula is C14H16N2O3S. The van der Waals surface area contributed by atoms with Crippen molar-refractivity contribution in [2.45, 2.75) is 18.4 Å². The number of nitrogens with zero attached hydrogens (tertiary/aromatic N) is 2. The molecule has 5 nitrogen and oxygen atoms in total. The summed E-state index contributed by atoms with van der Waals surface area (Å²) in [6.07, 6.45) is 3.24. The van der Waals surface area contributed by atoms with Gasteiger partial charge in [-0.05, 0) is 29.8 Å². The molecule has 0 spiro atoms. The largest absolute Gasteiger partial charge is 0.507 e. The Labute approximate surface area is 118 Å². The average Bonchev–Trinajstić information content (AvgIpc) is 2.46. The summed E-state index contributed by atoms with van der Waals surface area (Å²) in [5, 5.41) is 9.74. The Hall–Kier alpha value is -1.92. The van der Waals surface area contributed by atoms with Crippen LogP contribution >= 0.6 is 0 Å². The van der Waals surface area contributed by atoms with Crippen LogP contribution in [0.3, 0.4) is 0 Å². The summed E-state index contributed by atoms with van der Waals surface area (Å²) in [5.74, 6) is -0.235. The molecule has 2 aromatic rings. The topological polar surface area (TPSA) is 70.5 Å². The number of benzene rings is 1. The fourth-order valence-corrected chi connectivity index (χ4v) is 3.39. The van der Waals surface area contributed by atoms with E-state index in [4.69, 9.17) is 0 Å². The zero-order chi connectivity index (χ0) is 14.6. The van der Waals surface area contributed by atoms with Gasteiger partial charge in [0.25, 0.3) is 0 Å². The predicted octanol–water partition coefficient (Wildman–Crippen LogP) is 2.00. The Morgan fingerprint density at radius 1 is 1.15 bits per heavy atom. The molecule has 1 aromatic carbocycles. The molecule has 1 heterocycles. The number of aromatic hydroxyl groups is 1. The van der Waals surface area contributed by atoms with Crippen LogP contribution in [0.15, 0.2) is 53.7 Å². The smallest absolute Gasteiger partial charge is 0.247 e. The lowest BCUT2D eigenvalue weighted by Crippen LogP contribution is -2.30. The first-order valence-electron chi connectivity index (χ1n) is 6.22. The van der Waals surface area contributed by atoms with Crippen LogP contribution in [0.2, 0.25) is 0 Å². The number of rotatable bonds is 5. The van der Waals surface area contributed by atoms with Crippen molar-refractivity contribution < 1.29 is 13.5 Å². The molecule has 6 heteroatoms. The summed E-state index contributed by atoms with van der Waals surface area (Å²) < 4.78 is 26.4. The molecule has 0 fully saturated rings. The van der Waals surface area contributed by atoms with Crippen LogP contribution in [0.4, 0.5) is 0 Å². The summed E-state index contributed by atoms with van der Waals surface area (Å²) in [6.45, 7) is 2.33. The molecule has 0 saturated carbocycles. The molecule has 0 amide bonds. The quantitative estimate of drug-likeness (QED) is 0.915. The van der Waals surface area contributed by atoms with E-state index in [1.807, 2.05) is 0 Å². The molecule has 1 N–H and O–H groups in total. The normalized spacial score (nSPS) is 11.7. The number of hydrogen-bond acceptors (Lipinski definition) is 4. The van der Waals surface area contributed by atoms with Gasteiger partial charge in [0, 0.05) is 25.5 Å². The Balaban J connectivity index is 2.34. The Morgan fingerprint density at radius 2 is 1.80 bits per heavy atom. The van der Waals surface area contributed by atoms with E-state index in [1.54, 1.807) is 43.6 Å². The summed E-state index contributed by atoms with van der Waals surface area (Å²) in [4.78, 5) is 3.83. The van der Waals surface area contributed by atoms with Gasteiger partial charge in [-0.3, -0.25) is 4.98 Å². The molecule has 0 radical (unpaired) electrons. The van der Waals surface area contributed by atoms with Gasteiger partial charge in [-0.25, -0.2) is 8.42 Å². The van der Waals surface area contributed by atoms with Crippen molar-refractivity contribution in [1.82, 2.24) is 9.29 Å². The highest BCUT2D eigenvalue weighted by Gasteiger charge is 2.25. The van der Waals surface area contributed by atoms with E-state index in [-0.39, 0.29) is 17.2 Å². The predicted molar refractivity (Wildman–Crippen MR) is 75.6 cm³/mol. The minimum Gasteiger partial charge on any atom is -0.507 e. The average molecular weight is 292 g/mol. The number of sulfonamides is 1. The van der Waals surface area contributed by atoms with Gasteiger partial charge in [0.2, 0.25) is 10.0 Å². The molecule has 0 saturated heterocycles. The second-order valence-corrected chi connectivity index (χ2v) is 6.16. The molecule has 0 bridgehead atoms. The van der Waals surface area contributed by atoms with Crippen molar-refractivity contribution in [3.05, 3.63) is 54.4 Å². The first kappa shape index (κ1) is 14.5. The van der Waals surface area contributed by atoms with Gasteiger partial charge in [0.05, 0.1) is 0 Å². The maximum absolute atomic E-state index is 12.5. The molecule has 2 rings (SSSR count). The zero-order valence-corrected chi connectivity index (χ0v) is 11.9. The molecule has 1 aromatic heterocycles. The van der Waals surface area contributed by atoms with E-state index in [1.165, 1.54) is 16.4 Å². The van der Waals surface area contributed by atoms with Crippen LogP contribution in [0.1, 0.15) is 12.5 Å². The fourth-order valence-electron chi connectivity index (χ4n) is 1.87. The second kappa shape index (κ2) is 6.02. The van der Waals surface area contributed by atoms with E-state index in [0.29, 0.717) is 6.54 Å². The Kier molecular flexibility index (Phi) is 4.36. The second-order valence-electron chi connectivity index (χ2n) is 4.25. The number of hydrogen-bond donors (Lipinski definition) is 1. The van der Waals surface area contributed by atoms with Crippen molar-refractivity contribution in [3.8, 4) is 5.75 Å². The van der Waals surface area contributed by atoms with E-state index in [2.05, 4.69) is 4.98 Å². The van der Waals surface area contributed by atoms with Crippen LogP contribution in [0.25, 0.3) is 0 Å². The van der Waals surface area contributed by atoms with Gasteiger partial charge in [0.15, 0.2) is 0 Å². The summed E-state index contributed by atoms with van der Waals surface area (Å²) >= 11 is 0. The Bertz CT molecular complexity index is 672. The number of phenols is 1. The maximum atomic E-state index is 12.5. The first-order valence-corrected chi connectivity index (χ1v) is 7.66. The standard InChI is InChI=1S/C14H16N2O3S/c1-2-16(11-12-7-9-15-10-8-12)20(18,19)14-6-4-3-5-13(14)17/h3-10,17H,2,11H2,1H3. The number of para-hydroxylation sites is 1. The lowest BCUT2D eigenvalue weighted by molar-refractivity contribution is 0.413. The van der Waals surface area contributed by atoms with E-state index in [0.717, 1.165) is 5.56 Å². The third-order valence-electron chi connectivity index (χ3n) is 2.94. The van der Waals surface area contributed by atoms with Gasteiger partial charge in [-0.1, -0.05) is 19.1 Å². The maximum Gasteiger partial charge on any atom is 0.247 e. The van der Waals surface area contributed by atoms with Gasteiger partial charge in [0.1, 0.15) is 10.6 Å². The van der Waals surface area contributed by atoms with Crippen LogP contribution in [-0.4, -0.2) is 29.4 Å². The molecular weight excluding hydrogens is 276 g/mol. The molecule has 0 aliphatic carbocycles. The zero-order valence-electron chi connectivity index (χ0n) is 11.1. The summed E-state index contributed by atoms with van der Waals surface area (Å²) in [6, 6.07) is 9.49. The summed E-state index contributed by atoms with van der Waals surface area (Å²) in [5.41, 5.74) is 0.848. The van der Waals surface area contributed by atoms with E-state index in [9.17, 15) is 13.5 Å². The molecule has 106 valence electrons. The van der Waals surface area contributed by atoms with Crippen molar-refractivity contribution in [1.29, 1.82) is 0 Å². The van der Waals surface area contributed by atoms with Crippen molar-refractivity contribution in [3.63, 3.8) is 0 Å². The monoisotopic (exact) mass is 292 g/mol. The third kappa shape index (κ3) is 2.97. The minimum absolute atomic E-state index is 0.0732. The van der Waals surface area contributed by atoms with Crippen molar-refractivity contribution in [2.75, 3.05) is 6.54 Å². The van der Waals surface area contributed by atoms with Crippen LogP contribution in [0, 0.1) is 0 Å². The van der Waals surface area contributed by atoms with Gasteiger partial charge in [-0.15, -0.1) is 0 Å². The minimum atomic E-state index is -3.72. The number of phenolic OH excluding ortho intramolecular Hbond substituents is 1. The van der Waals surface area contributed by atoms with Gasteiger partial charge in [-0.2, -0.15) is 4.31 Å². The Morgan fingerprint density at radius 3 is 2.40 bits per heavy atom. The van der Waals surface area contributed by atoms with E-state index >= 15 is 0 Å². The van der Waals surface area contributed by atoms with Crippen molar-refractivity contribution >= 4 is 10.0 Å².